The van der Waals surface area contributed by atoms with Crippen molar-refractivity contribution in [2.24, 2.45) is 5.92 Å². The molecular weight excluding hydrogens is 224 g/mol. The molecule has 0 aromatic heterocycles. The molecule has 1 saturated heterocycles. The largest absolute Gasteiger partial charge is 0.319 e. The maximum absolute atomic E-state index is 12.0. The van der Waals surface area contributed by atoms with Crippen LogP contribution in [0, 0.1) is 5.92 Å². The van der Waals surface area contributed by atoms with Gasteiger partial charge in [-0.25, -0.2) is 12.7 Å². The van der Waals surface area contributed by atoms with Crippen molar-refractivity contribution in [3.8, 4) is 0 Å². The van der Waals surface area contributed by atoms with E-state index in [9.17, 15) is 8.42 Å². The van der Waals surface area contributed by atoms with Crippen molar-refractivity contribution < 1.29 is 8.42 Å². The van der Waals surface area contributed by atoms with E-state index >= 15 is 0 Å². The highest BCUT2D eigenvalue weighted by molar-refractivity contribution is 7.89. The Bertz CT molecular complexity index is 290. The molecule has 0 aromatic carbocycles. The lowest BCUT2D eigenvalue weighted by Crippen LogP contribution is -2.36. The second kappa shape index (κ2) is 6.57. The Kier molecular flexibility index (Phi) is 5.72. The van der Waals surface area contributed by atoms with Gasteiger partial charge in [0.1, 0.15) is 0 Å². The van der Waals surface area contributed by atoms with Crippen LogP contribution in [0.25, 0.3) is 0 Å². The Labute approximate surface area is 99.5 Å². The van der Waals surface area contributed by atoms with Crippen molar-refractivity contribution in [1.29, 1.82) is 0 Å². The van der Waals surface area contributed by atoms with Crippen LogP contribution in [0.2, 0.25) is 0 Å². The van der Waals surface area contributed by atoms with Gasteiger partial charge in [-0.2, -0.15) is 0 Å². The smallest absolute Gasteiger partial charge is 0.215 e. The summed E-state index contributed by atoms with van der Waals surface area (Å²) in [5, 5.41) is 2.89. The second-order valence-corrected chi connectivity index (χ2v) is 6.61. The lowest BCUT2D eigenvalue weighted by atomic mass is 9.98. The predicted octanol–water partition coefficient (Wildman–Crippen LogP) is 1.05. The third kappa shape index (κ3) is 4.03. The molecular formula is C11H24N2O2S. The first-order valence-electron chi connectivity index (χ1n) is 6.22. The van der Waals surface area contributed by atoms with Crippen molar-refractivity contribution in [2.45, 2.75) is 32.6 Å². The minimum absolute atomic E-state index is 0.223. The van der Waals surface area contributed by atoms with Gasteiger partial charge in [0.05, 0.1) is 5.75 Å². The Hall–Kier alpha value is -0.130. The summed E-state index contributed by atoms with van der Waals surface area (Å²) in [6.45, 7) is 4.15. The summed E-state index contributed by atoms with van der Waals surface area (Å²) in [4.78, 5) is 0. The monoisotopic (exact) mass is 248 g/mol. The SMILES string of the molecule is CCC1CCCN(S(=O)(=O)CCNC)CC1. The number of hydrogen-bond acceptors (Lipinski definition) is 3. The zero-order valence-electron chi connectivity index (χ0n) is 10.4. The molecule has 16 heavy (non-hydrogen) atoms. The maximum atomic E-state index is 12.0. The van der Waals surface area contributed by atoms with Crippen LogP contribution in [-0.4, -0.2) is 45.2 Å². The van der Waals surface area contributed by atoms with Crippen molar-refractivity contribution in [3.05, 3.63) is 0 Å². The van der Waals surface area contributed by atoms with Crippen LogP contribution in [0.5, 0.6) is 0 Å². The fourth-order valence-corrected chi connectivity index (χ4v) is 3.70. The molecule has 0 amide bonds. The first kappa shape index (κ1) is 13.9. The molecule has 1 fully saturated rings. The minimum atomic E-state index is -3.03. The molecule has 1 aliphatic rings. The fraction of sp³-hybridized carbons (Fsp3) is 1.00. The summed E-state index contributed by atoms with van der Waals surface area (Å²) < 4.78 is 25.6. The van der Waals surface area contributed by atoms with Gasteiger partial charge >= 0.3 is 0 Å². The van der Waals surface area contributed by atoms with Gasteiger partial charge in [0.2, 0.25) is 10.0 Å². The van der Waals surface area contributed by atoms with E-state index in [1.54, 1.807) is 11.4 Å². The van der Waals surface area contributed by atoms with Crippen LogP contribution in [0.4, 0.5) is 0 Å². The minimum Gasteiger partial charge on any atom is -0.319 e. The molecule has 96 valence electrons. The van der Waals surface area contributed by atoms with Gasteiger partial charge in [-0.15, -0.1) is 0 Å². The Morgan fingerprint density at radius 2 is 2.06 bits per heavy atom. The van der Waals surface area contributed by atoms with E-state index in [4.69, 9.17) is 0 Å². The Morgan fingerprint density at radius 3 is 2.69 bits per heavy atom. The van der Waals surface area contributed by atoms with E-state index in [1.807, 2.05) is 0 Å². The summed E-state index contributed by atoms with van der Waals surface area (Å²) in [6, 6.07) is 0. The first-order valence-corrected chi connectivity index (χ1v) is 7.83. The van der Waals surface area contributed by atoms with Crippen LogP contribution in [0.1, 0.15) is 32.6 Å². The van der Waals surface area contributed by atoms with Crippen LogP contribution in [-0.2, 0) is 10.0 Å². The molecule has 0 aliphatic carbocycles. The van der Waals surface area contributed by atoms with Crippen LogP contribution in [0.3, 0.4) is 0 Å². The average Bonchev–Trinajstić information content (AvgIpc) is 2.51. The number of hydrogen-bond donors (Lipinski definition) is 1. The summed E-state index contributed by atoms with van der Waals surface area (Å²) in [5.74, 6) is 0.935. The fourth-order valence-electron chi connectivity index (χ4n) is 2.19. The third-order valence-corrected chi connectivity index (χ3v) is 5.26. The molecule has 1 heterocycles. The van der Waals surface area contributed by atoms with E-state index in [0.29, 0.717) is 25.6 Å². The maximum Gasteiger partial charge on any atom is 0.215 e. The molecule has 1 atom stereocenters. The van der Waals surface area contributed by atoms with Crippen LogP contribution in [0.15, 0.2) is 0 Å². The lowest BCUT2D eigenvalue weighted by Gasteiger charge is -2.20. The zero-order valence-corrected chi connectivity index (χ0v) is 11.2. The molecule has 1 N–H and O–H groups in total. The van der Waals surface area contributed by atoms with Crippen LogP contribution >= 0.6 is 0 Å². The van der Waals surface area contributed by atoms with Crippen molar-refractivity contribution in [1.82, 2.24) is 9.62 Å². The van der Waals surface area contributed by atoms with Gasteiger partial charge in [-0.05, 0) is 32.2 Å². The van der Waals surface area contributed by atoms with Crippen LogP contribution < -0.4 is 5.32 Å². The number of sulfonamides is 1. The van der Waals surface area contributed by atoms with Crippen molar-refractivity contribution in [3.63, 3.8) is 0 Å². The van der Waals surface area contributed by atoms with Gasteiger partial charge in [0, 0.05) is 19.6 Å². The Morgan fingerprint density at radius 1 is 1.31 bits per heavy atom. The quantitative estimate of drug-likeness (QED) is 0.791. The summed E-state index contributed by atoms with van der Waals surface area (Å²) >= 11 is 0. The van der Waals surface area contributed by atoms with E-state index in [2.05, 4.69) is 12.2 Å². The molecule has 1 unspecified atom stereocenters. The first-order chi connectivity index (χ1) is 7.60. The van der Waals surface area contributed by atoms with E-state index in [-0.39, 0.29) is 5.75 Å². The lowest BCUT2D eigenvalue weighted by molar-refractivity contribution is 0.407. The molecule has 5 heteroatoms. The van der Waals surface area contributed by atoms with Gasteiger partial charge in [0.25, 0.3) is 0 Å². The van der Waals surface area contributed by atoms with Crippen molar-refractivity contribution >= 4 is 10.0 Å². The zero-order chi connectivity index (χ0) is 12.0. The number of rotatable bonds is 5. The molecule has 1 aliphatic heterocycles. The van der Waals surface area contributed by atoms with Gasteiger partial charge in [-0.3, -0.25) is 0 Å². The average molecular weight is 248 g/mol. The number of nitrogens with zero attached hydrogens (tertiary/aromatic N) is 1. The molecule has 0 saturated carbocycles. The highest BCUT2D eigenvalue weighted by Crippen LogP contribution is 2.21. The second-order valence-electron chi connectivity index (χ2n) is 4.52. The summed E-state index contributed by atoms with van der Waals surface area (Å²) in [7, 11) is -1.25. The van der Waals surface area contributed by atoms with E-state index in [1.165, 1.54) is 12.8 Å². The number of nitrogens with one attached hydrogen (secondary N) is 1. The third-order valence-electron chi connectivity index (χ3n) is 3.39. The van der Waals surface area contributed by atoms with E-state index in [0.717, 1.165) is 12.8 Å². The van der Waals surface area contributed by atoms with Gasteiger partial charge < -0.3 is 5.32 Å². The topological polar surface area (TPSA) is 49.4 Å². The molecule has 0 aromatic rings. The summed E-state index contributed by atoms with van der Waals surface area (Å²) in [5.41, 5.74) is 0. The Balaban J connectivity index is 2.53. The standard InChI is InChI=1S/C11H24N2O2S/c1-3-11-5-4-8-13(9-6-11)16(14,15)10-7-12-2/h11-12H,3-10H2,1-2H3. The highest BCUT2D eigenvalue weighted by atomic mass is 32.2. The highest BCUT2D eigenvalue weighted by Gasteiger charge is 2.24. The van der Waals surface area contributed by atoms with Crippen molar-refractivity contribution in [2.75, 3.05) is 32.4 Å². The summed E-state index contributed by atoms with van der Waals surface area (Å²) in [6.07, 6.45) is 4.38. The predicted molar refractivity (Wildman–Crippen MR) is 66.9 cm³/mol. The van der Waals surface area contributed by atoms with E-state index < -0.39 is 10.0 Å². The molecule has 1 rings (SSSR count). The molecule has 4 nitrogen and oxygen atoms in total. The molecule has 0 bridgehead atoms. The molecule has 0 spiro atoms. The molecule has 0 radical (unpaired) electrons. The normalized spacial score (nSPS) is 24.2. The van der Waals surface area contributed by atoms with Gasteiger partial charge in [0.15, 0.2) is 0 Å². The van der Waals surface area contributed by atoms with Gasteiger partial charge in [-0.1, -0.05) is 13.3 Å².